The lowest BCUT2D eigenvalue weighted by atomic mass is 10.2. The van der Waals surface area contributed by atoms with Crippen molar-refractivity contribution in [1.29, 1.82) is 0 Å². The topological polar surface area (TPSA) is 88.4 Å². The molecule has 0 aliphatic carbocycles. The Kier molecular flexibility index (Phi) is 7.76. The van der Waals surface area contributed by atoms with E-state index in [1.807, 2.05) is 19.1 Å². The van der Waals surface area contributed by atoms with Crippen molar-refractivity contribution >= 4 is 51.7 Å². The van der Waals surface area contributed by atoms with E-state index >= 15 is 0 Å². The van der Waals surface area contributed by atoms with E-state index in [1.165, 1.54) is 21.1 Å². The minimum atomic E-state index is -0.236. The molecule has 0 radical (unpaired) electrons. The lowest BCUT2D eigenvalue weighted by Crippen LogP contribution is -2.39. The summed E-state index contributed by atoms with van der Waals surface area (Å²) in [5.41, 5.74) is 1.58. The van der Waals surface area contributed by atoms with Crippen LogP contribution in [0.25, 0.3) is 11.7 Å². The first-order chi connectivity index (χ1) is 16.0. The molecule has 176 valence electrons. The molecule has 0 bridgehead atoms. The molecule has 9 nitrogen and oxygen atoms in total. The van der Waals surface area contributed by atoms with Crippen LogP contribution in [0.5, 0.6) is 0 Å². The second kappa shape index (κ2) is 10.7. The summed E-state index contributed by atoms with van der Waals surface area (Å²) in [7, 11) is 1.58. The van der Waals surface area contributed by atoms with Gasteiger partial charge in [-0.15, -0.1) is 0 Å². The van der Waals surface area contributed by atoms with Crippen LogP contribution in [0.4, 0.5) is 5.82 Å². The van der Waals surface area contributed by atoms with E-state index in [4.69, 9.17) is 26.7 Å². The number of thiocarbonyl (C=S) groups is 1. The Bertz CT molecular complexity index is 1140. The van der Waals surface area contributed by atoms with Crippen LogP contribution >= 0.6 is 24.0 Å². The van der Waals surface area contributed by atoms with Gasteiger partial charge >= 0.3 is 0 Å². The average molecular weight is 490 g/mol. The van der Waals surface area contributed by atoms with E-state index in [1.54, 1.807) is 19.4 Å². The zero-order valence-electron chi connectivity index (χ0n) is 18.7. The molecule has 2 aromatic rings. The van der Waals surface area contributed by atoms with Gasteiger partial charge in [0, 0.05) is 39.5 Å². The molecule has 4 heterocycles. The molecule has 0 atom stereocenters. The average Bonchev–Trinajstić information content (AvgIpc) is 3.08. The van der Waals surface area contributed by atoms with Gasteiger partial charge in [-0.25, -0.2) is 4.98 Å². The van der Waals surface area contributed by atoms with Gasteiger partial charge < -0.3 is 14.8 Å². The van der Waals surface area contributed by atoms with Gasteiger partial charge in [-0.1, -0.05) is 30.0 Å². The number of pyridine rings is 1. The molecular weight excluding hydrogens is 462 g/mol. The summed E-state index contributed by atoms with van der Waals surface area (Å²) in [4.78, 5) is 35.3. The molecule has 2 fully saturated rings. The molecule has 0 spiro atoms. The molecule has 0 saturated carbocycles. The predicted molar refractivity (Wildman–Crippen MR) is 134 cm³/mol. The number of nitrogens with one attached hydrogen (secondary N) is 1. The van der Waals surface area contributed by atoms with E-state index in [0.29, 0.717) is 46.0 Å². The minimum Gasteiger partial charge on any atom is -0.383 e. The van der Waals surface area contributed by atoms with Gasteiger partial charge in [0.2, 0.25) is 0 Å². The van der Waals surface area contributed by atoms with E-state index in [2.05, 4.69) is 10.2 Å². The van der Waals surface area contributed by atoms with E-state index in [9.17, 15) is 9.59 Å². The lowest BCUT2D eigenvalue weighted by Gasteiger charge is -2.26. The summed E-state index contributed by atoms with van der Waals surface area (Å²) >= 11 is 6.55. The van der Waals surface area contributed by atoms with Gasteiger partial charge in [-0.3, -0.25) is 23.8 Å². The van der Waals surface area contributed by atoms with Crippen molar-refractivity contribution in [1.82, 2.24) is 19.2 Å². The summed E-state index contributed by atoms with van der Waals surface area (Å²) in [6.07, 6.45) is 3.30. The standard InChI is InChI=1S/C22H27N5O4S2/c1-15-4-3-6-26-19(15)24-18(23-5-7-25-8-12-31-13-9-25)16(20(26)28)14-17-21(29)27(10-11-30-2)22(32)33-17/h3-4,6,14,23H,5,7-13H2,1-2H3. The summed E-state index contributed by atoms with van der Waals surface area (Å²) in [5.74, 6) is 0.236. The van der Waals surface area contributed by atoms with Crippen LogP contribution in [0.2, 0.25) is 0 Å². The third kappa shape index (κ3) is 5.28. The van der Waals surface area contributed by atoms with Crippen molar-refractivity contribution in [3.05, 3.63) is 44.7 Å². The van der Waals surface area contributed by atoms with Gasteiger partial charge in [0.05, 0.1) is 36.8 Å². The zero-order chi connectivity index (χ0) is 23.4. The Morgan fingerprint density at radius 2 is 2.09 bits per heavy atom. The molecule has 0 unspecified atom stereocenters. The molecule has 2 saturated heterocycles. The fraction of sp³-hybridized carbons (Fsp3) is 0.455. The predicted octanol–water partition coefficient (Wildman–Crippen LogP) is 1.59. The summed E-state index contributed by atoms with van der Waals surface area (Å²) < 4.78 is 12.4. The van der Waals surface area contributed by atoms with Gasteiger partial charge in [0.1, 0.15) is 15.8 Å². The number of hydrogen-bond acceptors (Lipinski definition) is 9. The first-order valence-corrected chi connectivity index (χ1v) is 12.0. The smallest absolute Gasteiger partial charge is 0.267 e. The summed E-state index contributed by atoms with van der Waals surface area (Å²) in [6.45, 7) is 7.30. The highest BCUT2D eigenvalue weighted by molar-refractivity contribution is 8.26. The number of ether oxygens (including phenoxy) is 2. The maximum absolute atomic E-state index is 13.4. The lowest BCUT2D eigenvalue weighted by molar-refractivity contribution is -0.122. The van der Waals surface area contributed by atoms with Crippen molar-refractivity contribution in [2.24, 2.45) is 0 Å². The molecule has 11 heteroatoms. The van der Waals surface area contributed by atoms with Crippen LogP contribution in [0.15, 0.2) is 28.0 Å². The largest absolute Gasteiger partial charge is 0.383 e. The molecule has 2 aliphatic rings. The molecule has 1 N–H and O–H groups in total. The number of morpholine rings is 1. The van der Waals surface area contributed by atoms with Crippen LogP contribution in [-0.2, 0) is 14.3 Å². The normalized spacial score (nSPS) is 18.6. The SMILES string of the molecule is COCCN1C(=O)C(=Cc2c(NCCN3CCOCC3)nc3c(C)cccn3c2=O)SC1=S. The van der Waals surface area contributed by atoms with E-state index < -0.39 is 0 Å². The van der Waals surface area contributed by atoms with Gasteiger partial charge in [0.25, 0.3) is 11.5 Å². The minimum absolute atomic E-state index is 0.227. The molecule has 4 rings (SSSR count). The Hall–Kier alpha value is -2.31. The second-order valence-electron chi connectivity index (χ2n) is 7.77. The zero-order valence-corrected chi connectivity index (χ0v) is 20.3. The number of rotatable bonds is 8. The van der Waals surface area contributed by atoms with Crippen molar-refractivity contribution in [2.45, 2.75) is 6.92 Å². The molecule has 2 aromatic heterocycles. The van der Waals surface area contributed by atoms with Crippen molar-refractivity contribution in [2.75, 3.05) is 65.0 Å². The number of fused-ring (bicyclic) bond motifs is 1. The maximum atomic E-state index is 13.4. The van der Waals surface area contributed by atoms with Crippen LogP contribution in [0.3, 0.4) is 0 Å². The number of hydrogen-bond donors (Lipinski definition) is 1. The highest BCUT2D eigenvalue weighted by atomic mass is 32.2. The Labute approximate surface area is 201 Å². The number of methoxy groups -OCH3 is 1. The first kappa shape index (κ1) is 23.8. The number of anilines is 1. The Morgan fingerprint density at radius 3 is 2.85 bits per heavy atom. The third-order valence-electron chi connectivity index (χ3n) is 5.58. The number of nitrogens with zero attached hydrogens (tertiary/aromatic N) is 4. The molecule has 0 aromatic carbocycles. The third-order valence-corrected chi connectivity index (χ3v) is 6.95. The fourth-order valence-corrected chi connectivity index (χ4v) is 5.03. The van der Waals surface area contributed by atoms with Gasteiger partial charge in [-0.2, -0.15) is 0 Å². The first-order valence-electron chi connectivity index (χ1n) is 10.8. The highest BCUT2D eigenvalue weighted by Crippen LogP contribution is 2.32. The van der Waals surface area contributed by atoms with Gasteiger partial charge in [-0.05, 0) is 24.6 Å². The monoisotopic (exact) mass is 489 g/mol. The fourth-order valence-electron chi connectivity index (χ4n) is 3.74. The van der Waals surface area contributed by atoms with E-state index in [0.717, 1.165) is 38.4 Å². The van der Waals surface area contributed by atoms with Crippen LogP contribution in [0, 0.1) is 6.92 Å². The Morgan fingerprint density at radius 1 is 1.30 bits per heavy atom. The van der Waals surface area contributed by atoms with Gasteiger partial charge in [0.15, 0.2) is 0 Å². The number of carbonyl (C=O) groups excluding carboxylic acids is 1. The number of aromatic nitrogens is 2. The second-order valence-corrected chi connectivity index (χ2v) is 9.45. The number of aryl methyl sites for hydroxylation is 1. The van der Waals surface area contributed by atoms with E-state index in [-0.39, 0.29) is 11.5 Å². The molecule has 1 amide bonds. The Balaban J connectivity index is 1.67. The number of amides is 1. The maximum Gasteiger partial charge on any atom is 0.267 e. The van der Waals surface area contributed by atoms with Crippen LogP contribution in [0.1, 0.15) is 11.1 Å². The quantitative estimate of drug-likeness (QED) is 0.439. The van der Waals surface area contributed by atoms with Crippen molar-refractivity contribution in [3.63, 3.8) is 0 Å². The van der Waals surface area contributed by atoms with Crippen LogP contribution in [-0.4, -0.2) is 89.1 Å². The molecule has 2 aliphatic heterocycles. The molecular formula is C22H27N5O4S2. The number of carbonyl (C=O) groups is 1. The number of thioether (sulfide) groups is 1. The van der Waals surface area contributed by atoms with Crippen molar-refractivity contribution in [3.8, 4) is 0 Å². The molecule has 33 heavy (non-hydrogen) atoms. The van der Waals surface area contributed by atoms with Crippen molar-refractivity contribution < 1.29 is 14.3 Å². The highest BCUT2D eigenvalue weighted by Gasteiger charge is 2.32. The summed E-state index contributed by atoms with van der Waals surface area (Å²) in [5, 5.41) is 3.33. The summed E-state index contributed by atoms with van der Waals surface area (Å²) in [6, 6.07) is 3.73. The van der Waals surface area contributed by atoms with Crippen LogP contribution < -0.4 is 10.9 Å².